The number of hydrogen-bond donors (Lipinski definition) is 1. The Labute approximate surface area is 170 Å². The average molecular weight is 418 g/mol. The van der Waals surface area contributed by atoms with Crippen molar-refractivity contribution in [3.05, 3.63) is 45.9 Å². The summed E-state index contributed by atoms with van der Waals surface area (Å²) in [5, 5.41) is 2.83. The molecule has 1 unspecified atom stereocenters. The van der Waals surface area contributed by atoms with E-state index in [2.05, 4.69) is 4.98 Å². The fourth-order valence-electron chi connectivity index (χ4n) is 2.94. The molecule has 1 saturated heterocycles. The summed E-state index contributed by atoms with van der Waals surface area (Å²) in [6, 6.07) is 8.14. The molecule has 5 nitrogen and oxygen atoms in total. The van der Waals surface area contributed by atoms with Gasteiger partial charge >= 0.3 is 0 Å². The Hall–Kier alpha value is -1.34. The molecule has 144 valence electrons. The van der Waals surface area contributed by atoms with E-state index in [9.17, 15) is 4.79 Å². The molecule has 1 atom stereocenters. The van der Waals surface area contributed by atoms with Crippen molar-refractivity contribution in [1.29, 1.82) is 0 Å². The molecule has 1 aromatic heterocycles. The van der Waals surface area contributed by atoms with E-state index in [1.807, 2.05) is 41.5 Å². The standard InChI is InChI=1S/C18H23N3O2S.2ClH/c1-13-4-6-16(7-5-13)23-11-17-20-14(12-24-17)9-18(22)21-8-2-3-15(21)10-19;;/h4-7,12,15H,2-3,8-11,19H2,1H3;2*1H. The third-order valence-corrected chi connectivity index (χ3v) is 5.16. The number of aromatic nitrogens is 1. The number of carbonyl (C=O) groups is 1. The van der Waals surface area contributed by atoms with Crippen LogP contribution in [0.25, 0.3) is 0 Å². The maximum atomic E-state index is 12.4. The second kappa shape index (κ2) is 10.7. The summed E-state index contributed by atoms with van der Waals surface area (Å²) in [7, 11) is 0. The lowest BCUT2D eigenvalue weighted by Gasteiger charge is -2.23. The number of nitrogens with zero attached hydrogens (tertiary/aromatic N) is 2. The van der Waals surface area contributed by atoms with E-state index < -0.39 is 0 Å². The Morgan fingerprint density at radius 2 is 2.08 bits per heavy atom. The number of likely N-dealkylation sites (tertiary alicyclic amines) is 1. The third kappa shape index (κ3) is 5.84. The summed E-state index contributed by atoms with van der Waals surface area (Å²) in [6.45, 7) is 3.83. The van der Waals surface area contributed by atoms with Gasteiger partial charge in [-0.25, -0.2) is 4.98 Å². The predicted molar refractivity (Wildman–Crippen MR) is 110 cm³/mol. The number of carbonyl (C=O) groups excluding carboxylic acids is 1. The zero-order chi connectivity index (χ0) is 16.9. The van der Waals surface area contributed by atoms with E-state index in [0.717, 1.165) is 35.8 Å². The van der Waals surface area contributed by atoms with Crippen LogP contribution in [0.15, 0.2) is 29.6 Å². The number of aryl methyl sites for hydroxylation is 1. The molecule has 0 radical (unpaired) electrons. The van der Waals surface area contributed by atoms with Crippen molar-refractivity contribution in [2.45, 2.75) is 38.8 Å². The number of ether oxygens (including phenoxy) is 1. The topological polar surface area (TPSA) is 68.5 Å². The van der Waals surface area contributed by atoms with E-state index in [0.29, 0.717) is 19.6 Å². The summed E-state index contributed by atoms with van der Waals surface area (Å²) < 4.78 is 5.74. The fraction of sp³-hybridized carbons (Fsp3) is 0.444. The zero-order valence-corrected chi connectivity index (χ0v) is 17.2. The Balaban J connectivity index is 0.00000169. The molecule has 0 bridgehead atoms. The minimum Gasteiger partial charge on any atom is -0.486 e. The van der Waals surface area contributed by atoms with E-state index >= 15 is 0 Å². The van der Waals surface area contributed by atoms with Gasteiger partial charge in [-0.3, -0.25) is 4.79 Å². The van der Waals surface area contributed by atoms with Gasteiger partial charge < -0.3 is 15.4 Å². The molecule has 0 saturated carbocycles. The van der Waals surface area contributed by atoms with Crippen LogP contribution in [0.5, 0.6) is 5.75 Å². The highest BCUT2D eigenvalue weighted by molar-refractivity contribution is 7.09. The summed E-state index contributed by atoms with van der Waals surface area (Å²) in [5.41, 5.74) is 7.76. The molecule has 2 heterocycles. The quantitative estimate of drug-likeness (QED) is 0.781. The molecular weight excluding hydrogens is 393 g/mol. The predicted octanol–water partition coefficient (Wildman–Crippen LogP) is 3.37. The van der Waals surface area contributed by atoms with Crippen LogP contribution in [0, 0.1) is 6.92 Å². The minimum absolute atomic E-state index is 0. The molecule has 1 amide bonds. The monoisotopic (exact) mass is 417 g/mol. The molecule has 2 aromatic rings. The van der Waals surface area contributed by atoms with Crippen molar-refractivity contribution in [3.8, 4) is 5.75 Å². The van der Waals surface area contributed by atoms with E-state index in [-0.39, 0.29) is 36.8 Å². The summed E-state index contributed by atoms with van der Waals surface area (Å²) in [5.74, 6) is 0.954. The van der Waals surface area contributed by atoms with Crippen LogP contribution >= 0.6 is 36.2 Å². The molecule has 3 rings (SSSR count). The highest BCUT2D eigenvalue weighted by atomic mass is 35.5. The Bertz CT molecular complexity index is 694. The molecule has 0 aliphatic carbocycles. The zero-order valence-electron chi connectivity index (χ0n) is 14.7. The van der Waals surface area contributed by atoms with Crippen molar-refractivity contribution >= 4 is 42.1 Å². The number of benzene rings is 1. The van der Waals surface area contributed by atoms with Gasteiger partial charge in [0.15, 0.2) is 0 Å². The van der Waals surface area contributed by atoms with Gasteiger partial charge in [0.2, 0.25) is 5.91 Å². The molecule has 1 aliphatic heterocycles. The molecule has 1 fully saturated rings. The first-order valence-corrected chi connectivity index (χ1v) is 9.16. The van der Waals surface area contributed by atoms with Gasteiger partial charge in [0.1, 0.15) is 17.4 Å². The first-order valence-electron chi connectivity index (χ1n) is 8.28. The SMILES string of the molecule is Cc1ccc(OCc2nc(CC(=O)N3CCCC3CN)cs2)cc1.Cl.Cl. The first kappa shape index (κ1) is 22.7. The van der Waals surface area contributed by atoms with Gasteiger partial charge in [0, 0.05) is 24.5 Å². The summed E-state index contributed by atoms with van der Waals surface area (Å²) in [4.78, 5) is 18.8. The van der Waals surface area contributed by atoms with Crippen LogP contribution < -0.4 is 10.5 Å². The molecule has 0 spiro atoms. The van der Waals surface area contributed by atoms with Crippen LogP contribution in [0.4, 0.5) is 0 Å². The number of halogens is 2. The van der Waals surface area contributed by atoms with Crippen LogP contribution in [0.1, 0.15) is 29.1 Å². The largest absolute Gasteiger partial charge is 0.486 e. The average Bonchev–Trinajstić information content (AvgIpc) is 3.23. The second-order valence-electron chi connectivity index (χ2n) is 6.13. The van der Waals surface area contributed by atoms with Crippen molar-refractivity contribution in [2.24, 2.45) is 5.73 Å². The van der Waals surface area contributed by atoms with Gasteiger partial charge in [-0.1, -0.05) is 17.7 Å². The molecule has 2 N–H and O–H groups in total. The van der Waals surface area contributed by atoms with Crippen molar-refractivity contribution in [2.75, 3.05) is 13.1 Å². The van der Waals surface area contributed by atoms with E-state index in [4.69, 9.17) is 10.5 Å². The number of hydrogen-bond acceptors (Lipinski definition) is 5. The number of amides is 1. The van der Waals surface area contributed by atoms with Gasteiger partial charge in [0.05, 0.1) is 12.1 Å². The van der Waals surface area contributed by atoms with Gasteiger partial charge in [-0.15, -0.1) is 36.2 Å². The lowest BCUT2D eigenvalue weighted by atomic mass is 10.2. The van der Waals surface area contributed by atoms with Crippen LogP contribution in [0.3, 0.4) is 0 Å². The fourth-order valence-corrected chi connectivity index (χ4v) is 3.65. The molecule has 26 heavy (non-hydrogen) atoms. The smallest absolute Gasteiger partial charge is 0.228 e. The van der Waals surface area contributed by atoms with Crippen LogP contribution in [-0.2, 0) is 17.8 Å². The minimum atomic E-state index is 0. The third-order valence-electron chi connectivity index (χ3n) is 4.28. The summed E-state index contributed by atoms with van der Waals surface area (Å²) >= 11 is 1.53. The maximum Gasteiger partial charge on any atom is 0.228 e. The Morgan fingerprint density at radius 3 is 2.77 bits per heavy atom. The van der Waals surface area contributed by atoms with Gasteiger partial charge in [0.25, 0.3) is 0 Å². The highest BCUT2D eigenvalue weighted by Crippen LogP contribution is 2.19. The lowest BCUT2D eigenvalue weighted by molar-refractivity contribution is -0.131. The normalized spacial score (nSPS) is 15.9. The van der Waals surface area contributed by atoms with Crippen molar-refractivity contribution in [3.63, 3.8) is 0 Å². The molecular formula is C18H25Cl2N3O2S. The Kier molecular flexibility index (Phi) is 9.36. The first-order chi connectivity index (χ1) is 11.7. The van der Waals surface area contributed by atoms with Crippen LogP contribution in [-0.4, -0.2) is 34.9 Å². The highest BCUT2D eigenvalue weighted by Gasteiger charge is 2.27. The van der Waals surface area contributed by atoms with Gasteiger partial charge in [-0.05, 0) is 31.9 Å². The second-order valence-corrected chi connectivity index (χ2v) is 7.07. The Morgan fingerprint density at radius 1 is 1.35 bits per heavy atom. The van der Waals surface area contributed by atoms with E-state index in [1.165, 1.54) is 16.9 Å². The van der Waals surface area contributed by atoms with Crippen molar-refractivity contribution < 1.29 is 9.53 Å². The number of nitrogens with two attached hydrogens (primary N) is 1. The maximum absolute atomic E-state index is 12.4. The van der Waals surface area contributed by atoms with E-state index in [1.54, 1.807) is 0 Å². The lowest BCUT2D eigenvalue weighted by Crippen LogP contribution is -2.40. The number of rotatable bonds is 6. The van der Waals surface area contributed by atoms with Gasteiger partial charge in [-0.2, -0.15) is 0 Å². The van der Waals surface area contributed by atoms with Crippen molar-refractivity contribution in [1.82, 2.24) is 9.88 Å². The summed E-state index contributed by atoms with van der Waals surface area (Å²) in [6.07, 6.45) is 2.40. The molecule has 1 aliphatic rings. The molecule has 8 heteroatoms. The number of thiazole rings is 1. The molecule has 1 aromatic carbocycles. The van der Waals surface area contributed by atoms with Crippen LogP contribution in [0.2, 0.25) is 0 Å².